The Morgan fingerprint density at radius 2 is 1.33 bits per heavy atom. The Kier molecular flexibility index (Phi) is 10.3. The first-order valence-electron chi connectivity index (χ1n) is 15.1. The maximum absolute atomic E-state index is 13.9. The average Bonchev–Trinajstić information content (AvgIpc) is 3.71. The van der Waals surface area contributed by atoms with Crippen molar-refractivity contribution in [1.29, 1.82) is 0 Å². The summed E-state index contributed by atoms with van der Waals surface area (Å²) in [6.07, 6.45) is 5.75. The number of imidazole rings is 1. The van der Waals surface area contributed by atoms with Gasteiger partial charge in [0.1, 0.15) is 24.2 Å². The van der Waals surface area contributed by atoms with Crippen molar-refractivity contribution in [2.45, 2.75) is 56.3 Å². The molecule has 10 N–H and O–H groups in total. The third-order valence-electron chi connectivity index (χ3n) is 7.84. The number of para-hydroxylation sites is 1. The molecule has 0 radical (unpaired) electrons. The fourth-order valence-corrected chi connectivity index (χ4v) is 5.48. The summed E-state index contributed by atoms with van der Waals surface area (Å²) in [5.74, 6) is -2.28. The molecule has 4 amide bonds. The number of carbonyl (C=O) groups is 4. The van der Waals surface area contributed by atoms with Crippen LogP contribution in [0.15, 0.2) is 78.3 Å². The van der Waals surface area contributed by atoms with Gasteiger partial charge in [-0.25, -0.2) is 4.98 Å². The molecule has 1 aliphatic heterocycles. The first-order valence-corrected chi connectivity index (χ1v) is 15.1. The summed E-state index contributed by atoms with van der Waals surface area (Å²) in [6, 6.07) is 12.6. The van der Waals surface area contributed by atoms with Crippen LogP contribution in [0.2, 0.25) is 0 Å². The number of rotatable bonds is 10. The van der Waals surface area contributed by atoms with Gasteiger partial charge in [-0.15, -0.1) is 0 Å². The predicted octanol–water partition coefficient (Wildman–Crippen LogP) is -0.0747. The molecular weight excluding hydrogens is 588 g/mol. The summed E-state index contributed by atoms with van der Waals surface area (Å²) in [5, 5.41) is 12.2. The zero-order valence-corrected chi connectivity index (χ0v) is 25.2. The minimum atomic E-state index is -1.07. The molecule has 2 aromatic carbocycles. The van der Waals surface area contributed by atoms with Crippen molar-refractivity contribution < 1.29 is 19.2 Å². The Hall–Kier alpha value is -5.66. The van der Waals surface area contributed by atoms with E-state index in [1.807, 2.05) is 54.6 Å². The van der Waals surface area contributed by atoms with Crippen LogP contribution in [0.5, 0.6) is 0 Å². The van der Waals surface area contributed by atoms with Crippen molar-refractivity contribution in [3.8, 4) is 0 Å². The van der Waals surface area contributed by atoms with Crippen LogP contribution in [0.4, 0.5) is 0 Å². The summed E-state index contributed by atoms with van der Waals surface area (Å²) in [4.78, 5) is 69.5. The van der Waals surface area contributed by atoms with Gasteiger partial charge in [-0.05, 0) is 30.0 Å². The van der Waals surface area contributed by atoms with E-state index in [9.17, 15) is 19.2 Å². The number of guanidine groups is 1. The van der Waals surface area contributed by atoms with Crippen LogP contribution < -0.4 is 32.7 Å². The highest BCUT2D eigenvalue weighted by Gasteiger charge is 2.34. The third-order valence-corrected chi connectivity index (χ3v) is 7.84. The third kappa shape index (κ3) is 8.28. The number of nitrogens with one attached hydrogen (secondary N) is 6. The highest BCUT2D eigenvalue weighted by atomic mass is 16.2. The number of aromatic nitrogens is 3. The van der Waals surface area contributed by atoms with Crippen LogP contribution in [0.1, 0.15) is 29.7 Å². The summed E-state index contributed by atoms with van der Waals surface area (Å²) in [6.45, 7) is 0.237. The van der Waals surface area contributed by atoms with Crippen molar-refractivity contribution in [3.05, 3.63) is 90.1 Å². The van der Waals surface area contributed by atoms with Gasteiger partial charge in [0, 0.05) is 54.8 Å². The SMILES string of the molecule is NC(N)=NCCC[C@@H]1NC(=O)[C@H](Cc2ccccc2)NC(=O)[C@H](Cc2cnc[nH]2)NC(=O)[C@H](Cc2c[nH]c3ccccc23)NC1=O. The van der Waals surface area contributed by atoms with E-state index in [4.69, 9.17) is 11.5 Å². The second-order valence-electron chi connectivity index (χ2n) is 11.2. The second-order valence-corrected chi connectivity index (χ2v) is 11.2. The zero-order valence-electron chi connectivity index (χ0n) is 25.2. The molecule has 14 heteroatoms. The molecule has 0 spiro atoms. The van der Waals surface area contributed by atoms with Gasteiger partial charge in [0.2, 0.25) is 23.6 Å². The van der Waals surface area contributed by atoms with E-state index >= 15 is 0 Å². The highest BCUT2D eigenvalue weighted by Crippen LogP contribution is 2.20. The fourth-order valence-electron chi connectivity index (χ4n) is 5.48. The quantitative estimate of drug-likeness (QED) is 0.0678. The lowest BCUT2D eigenvalue weighted by Gasteiger charge is -2.29. The Balaban J connectivity index is 1.47. The molecule has 1 saturated heterocycles. The van der Waals surface area contributed by atoms with E-state index < -0.39 is 47.8 Å². The van der Waals surface area contributed by atoms with Gasteiger partial charge in [-0.2, -0.15) is 0 Å². The molecule has 1 aliphatic rings. The number of hydrogen-bond acceptors (Lipinski definition) is 6. The molecule has 4 aromatic rings. The van der Waals surface area contributed by atoms with Crippen LogP contribution >= 0.6 is 0 Å². The molecular formula is C32H38N10O4. The van der Waals surface area contributed by atoms with Crippen LogP contribution in [0, 0.1) is 0 Å². The number of amides is 4. The Morgan fingerprint density at radius 3 is 2.00 bits per heavy atom. The smallest absolute Gasteiger partial charge is 0.243 e. The van der Waals surface area contributed by atoms with Crippen molar-refractivity contribution in [1.82, 2.24) is 36.2 Å². The number of benzene rings is 2. The van der Waals surface area contributed by atoms with Gasteiger partial charge in [0.15, 0.2) is 5.96 Å². The maximum atomic E-state index is 13.9. The number of nitrogens with zero attached hydrogens (tertiary/aromatic N) is 2. The topological polar surface area (TPSA) is 225 Å². The van der Waals surface area contributed by atoms with Gasteiger partial charge in [0.05, 0.1) is 6.33 Å². The monoisotopic (exact) mass is 626 g/mol. The number of nitrogens with two attached hydrogens (primary N) is 2. The molecule has 0 unspecified atom stereocenters. The Bertz CT molecular complexity index is 1680. The molecule has 4 atom stereocenters. The zero-order chi connectivity index (χ0) is 32.5. The molecule has 5 rings (SSSR count). The number of carbonyl (C=O) groups excluding carboxylic acids is 4. The number of aromatic amines is 2. The molecule has 0 bridgehead atoms. The number of aliphatic imine (C=N–C) groups is 1. The molecule has 3 heterocycles. The lowest BCUT2D eigenvalue weighted by Crippen LogP contribution is -2.62. The van der Waals surface area contributed by atoms with Crippen LogP contribution in [-0.4, -0.2) is 75.3 Å². The molecule has 1 fully saturated rings. The molecule has 0 saturated carbocycles. The van der Waals surface area contributed by atoms with E-state index in [1.165, 1.54) is 6.33 Å². The second kappa shape index (κ2) is 14.9. The van der Waals surface area contributed by atoms with Gasteiger partial charge in [-0.1, -0.05) is 48.5 Å². The molecule has 14 nitrogen and oxygen atoms in total. The first-order chi connectivity index (χ1) is 22.3. The lowest BCUT2D eigenvalue weighted by atomic mass is 10.00. The van der Waals surface area contributed by atoms with Crippen molar-refractivity contribution >= 4 is 40.5 Å². The summed E-state index contributed by atoms with van der Waals surface area (Å²) in [7, 11) is 0. The van der Waals surface area contributed by atoms with E-state index in [2.05, 4.69) is 41.2 Å². The van der Waals surface area contributed by atoms with Crippen molar-refractivity contribution in [2.24, 2.45) is 16.5 Å². The van der Waals surface area contributed by atoms with E-state index in [0.717, 1.165) is 22.0 Å². The van der Waals surface area contributed by atoms with Crippen molar-refractivity contribution in [2.75, 3.05) is 6.54 Å². The lowest BCUT2D eigenvalue weighted by molar-refractivity contribution is -0.136. The van der Waals surface area contributed by atoms with Crippen LogP contribution in [0.25, 0.3) is 10.9 Å². The van der Waals surface area contributed by atoms with E-state index in [-0.39, 0.29) is 38.2 Å². The van der Waals surface area contributed by atoms with Gasteiger partial charge < -0.3 is 42.7 Å². The standard InChI is InChI=1S/C32H38N10O4/c33-32(34)36-12-6-11-24-28(43)41-26(14-20-16-37-23-10-5-4-9-22(20)23)30(45)42-27(15-21-17-35-18-38-21)31(46)40-25(29(44)39-24)13-19-7-2-1-3-8-19/h1-5,7-10,16-18,24-27,37H,6,11-15H2,(H,35,38)(H,39,44)(H,40,46)(H,41,43)(H,42,45)(H4,33,34,36)/t24-,25-,26-,27-/m0/s1. The minimum Gasteiger partial charge on any atom is -0.370 e. The summed E-state index contributed by atoms with van der Waals surface area (Å²) < 4.78 is 0. The van der Waals surface area contributed by atoms with Gasteiger partial charge in [-0.3, -0.25) is 24.2 Å². The molecule has 2 aromatic heterocycles. The normalized spacial score (nSPS) is 20.9. The fraction of sp³-hybridized carbons (Fsp3) is 0.312. The molecule has 240 valence electrons. The molecule has 0 aliphatic carbocycles. The maximum Gasteiger partial charge on any atom is 0.243 e. The van der Waals surface area contributed by atoms with Gasteiger partial charge in [0.25, 0.3) is 0 Å². The predicted molar refractivity (Wildman–Crippen MR) is 172 cm³/mol. The minimum absolute atomic E-state index is 0.0818. The van der Waals surface area contributed by atoms with Crippen LogP contribution in [0.3, 0.4) is 0 Å². The Morgan fingerprint density at radius 1 is 0.717 bits per heavy atom. The largest absolute Gasteiger partial charge is 0.370 e. The first kappa shape index (κ1) is 31.8. The van der Waals surface area contributed by atoms with E-state index in [0.29, 0.717) is 12.1 Å². The summed E-state index contributed by atoms with van der Waals surface area (Å²) in [5.41, 5.74) is 14.0. The number of hydrogen-bond donors (Lipinski definition) is 8. The highest BCUT2D eigenvalue weighted by molar-refractivity contribution is 5.98. The van der Waals surface area contributed by atoms with E-state index in [1.54, 1.807) is 12.4 Å². The number of fused-ring (bicyclic) bond motifs is 1. The van der Waals surface area contributed by atoms with Crippen LogP contribution in [-0.2, 0) is 38.4 Å². The average molecular weight is 627 g/mol. The van der Waals surface area contributed by atoms with Gasteiger partial charge >= 0.3 is 0 Å². The summed E-state index contributed by atoms with van der Waals surface area (Å²) >= 11 is 0. The molecule has 46 heavy (non-hydrogen) atoms. The number of H-pyrrole nitrogens is 2. The Labute approximate surface area is 265 Å². The van der Waals surface area contributed by atoms with Crippen molar-refractivity contribution in [3.63, 3.8) is 0 Å².